The molecule has 28 heavy (non-hydrogen) atoms. The monoisotopic (exact) mass is 393 g/mol. The predicted molar refractivity (Wildman–Crippen MR) is 90.9 cm³/mol. The molecule has 1 N–H and O–H groups in total. The smallest absolute Gasteiger partial charge is 0.464 e. The second kappa shape index (κ2) is 7.94. The average molecular weight is 393 g/mol. The summed E-state index contributed by atoms with van der Waals surface area (Å²) in [5.41, 5.74) is 1.36. The van der Waals surface area contributed by atoms with Crippen LogP contribution in [0.2, 0.25) is 0 Å². The molecule has 2 aromatic heterocycles. The summed E-state index contributed by atoms with van der Waals surface area (Å²) in [6.07, 6.45) is -1.82. The van der Waals surface area contributed by atoms with Crippen LogP contribution in [0.25, 0.3) is 5.69 Å². The van der Waals surface area contributed by atoms with E-state index in [1.54, 1.807) is 6.07 Å². The zero-order chi connectivity index (χ0) is 20.1. The van der Waals surface area contributed by atoms with E-state index in [1.807, 2.05) is 0 Å². The number of hydrogen-bond acceptors (Lipinski definition) is 7. The number of nitrogens with one attached hydrogen (secondary N) is 1. The van der Waals surface area contributed by atoms with Crippen molar-refractivity contribution < 1.29 is 27.4 Å². The first-order valence-electron chi connectivity index (χ1n) is 7.89. The van der Waals surface area contributed by atoms with Crippen LogP contribution in [0.1, 0.15) is 16.3 Å². The number of benzene rings is 1. The minimum Gasteiger partial charge on any atom is -0.464 e. The third kappa shape index (κ3) is 4.96. The SMILES string of the molecule is COC(=O)c1ccc(NCc2ncn(-c3ccc(OC(F)(F)F)cc3)n2)cn1. The summed E-state index contributed by atoms with van der Waals surface area (Å²) in [6, 6.07) is 8.43. The topological polar surface area (TPSA) is 91.2 Å². The number of anilines is 1. The Morgan fingerprint density at radius 2 is 1.89 bits per heavy atom. The van der Waals surface area contributed by atoms with E-state index < -0.39 is 12.3 Å². The molecule has 0 atom stereocenters. The zero-order valence-corrected chi connectivity index (χ0v) is 14.5. The molecular weight excluding hydrogens is 379 g/mol. The number of carbonyl (C=O) groups excluding carboxylic acids is 1. The standard InChI is InChI=1S/C17H14F3N5O3/c1-27-16(26)14-7-2-11(8-22-14)21-9-15-23-10-25(24-15)12-3-5-13(6-4-12)28-17(18,19)20/h2-8,10,21H,9H2,1H3. The summed E-state index contributed by atoms with van der Waals surface area (Å²) in [7, 11) is 1.27. The number of esters is 1. The van der Waals surface area contributed by atoms with Crippen LogP contribution in [-0.4, -0.2) is 39.2 Å². The summed E-state index contributed by atoms with van der Waals surface area (Å²) >= 11 is 0. The normalized spacial score (nSPS) is 11.1. The van der Waals surface area contributed by atoms with Crippen molar-refractivity contribution in [2.24, 2.45) is 0 Å². The minimum atomic E-state index is -4.74. The van der Waals surface area contributed by atoms with Gasteiger partial charge in [-0.2, -0.15) is 0 Å². The first kappa shape index (κ1) is 19.1. The quantitative estimate of drug-likeness (QED) is 0.644. The summed E-state index contributed by atoms with van der Waals surface area (Å²) in [5.74, 6) is -0.396. The molecular formula is C17H14F3N5O3. The van der Waals surface area contributed by atoms with Crippen LogP contribution in [-0.2, 0) is 11.3 Å². The fraction of sp³-hybridized carbons (Fsp3) is 0.176. The number of alkyl halides is 3. The van der Waals surface area contributed by atoms with Crippen LogP contribution >= 0.6 is 0 Å². The van der Waals surface area contributed by atoms with Crippen LogP contribution in [0.4, 0.5) is 18.9 Å². The number of rotatable bonds is 6. The van der Waals surface area contributed by atoms with Gasteiger partial charge < -0.3 is 14.8 Å². The summed E-state index contributed by atoms with van der Waals surface area (Å²) in [4.78, 5) is 19.4. The van der Waals surface area contributed by atoms with E-state index in [0.717, 1.165) is 0 Å². The van der Waals surface area contributed by atoms with Gasteiger partial charge in [-0.3, -0.25) is 0 Å². The van der Waals surface area contributed by atoms with Crippen LogP contribution in [0, 0.1) is 0 Å². The molecule has 3 aromatic rings. The zero-order valence-electron chi connectivity index (χ0n) is 14.5. The van der Waals surface area contributed by atoms with Gasteiger partial charge in [0.05, 0.1) is 31.2 Å². The van der Waals surface area contributed by atoms with E-state index in [9.17, 15) is 18.0 Å². The lowest BCUT2D eigenvalue weighted by molar-refractivity contribution is -0.274. The number of ether oxygens (including phenoxy) is 2. The molecule has 0 fully saturated rings. The third-order valence-corrected chi connectivity index (χ3v) is 3.48. The predicted octanol–water partition coefficient (Wildman–Crippen LogP) is 2.96. The molecule has 1 aromatic carbocycles. The molecule has 0 unspecified atom stereocenters. The number of carbonyl (C=O) groups is 1. The Morgan fingerprint density at radius 1 is 1.14 bits per heavy atom. The van der Waals surface area contributed by atoms with Gasteiger partial charge in [-0.05, 0) is 36.4 Å². The van der Waals surface area contributed by atoms with Crippen LogP contribution in [0.5, 0.6) is 5.75 Å². The average Bonchev–Trinajstić information content (AvgIpc) is 3.14. The Balaban J connectivity index is 1.60. The van der Waals surface area contributed by atoms with Gasteiger partial charge in [0, 0.05) is 0 Å². The van der Waals surface area contributed by atoms with Gasteiger partial charge in [-0.25, -0.2) is 19.4 Å². The highest BCUT2D eigenvalue weighted by atomic mass is 19.4. The fourth-order valence-electron chi connectivity index (χ4n) is 2.21. The molecule has 0 bridgehead atoms. The molecule has 0 radical (unpaired) electrons. The number of methoxy groups -OCH3 is 1. The molecule has 0 amide bonds. The highest BCUT2D eigenvalue weighted by molar-refractivity contribution is 5.87. The fourth-order valence-corrected chi connectivity index (χ4v) is 2.21. The second-order valence-corrected chi connectivity index (χ2v) is 5.42. The molecule has 0 aliphatic rings. The van der Waals surface area contributed by atoms with Gasteiger partial charge >= 0.3 is 12.3 Å². The first-order valence-corrected chi connectivity index (χ1v) is 7.89. The van der Waals surface area contributed by atoms with E-state index in [1.165, 1.54) is 54.6 Å². The number of hydrogen-bond donors (Lipinski definition) is 1. The van der Waals surface area contributed by atoms with Crippen molar-refractivity contribution in [3.8, 4) is 11.4 Å². The van der Waals surface area contributed by atoms with E-state index in [0.29, 0.717) is 17.2 Å². The van der Waals surface area contributed by atoms with E-state index in [4.69, 9.17) is 0 Å². The molecule has 0 saturated heterocycles. The Labute approximate surface area is 156 Å². The van der Waals surface area contributed by atoms with Crippen LogP contribution < -0.4 is 10.1 Å². The van der Waals surface area contributed by atoms with E-state index >= 15 is 0 Å². The summed E-state index contributed by atoms with van der Waals surface area (Å²) in [5, 5.41) is 7.29. The maximum absolute atomic E-state index is 12.2. The van der Waals surface area contributed by atoms with Gasteiger partial charge in [-0.1, -0.05) is 0 Å². The van der Waals surface area contributed by atoms with Crippen LogP contribution in [0.3, 0.4) is 0 Å². The minimum absolute atomic E-state index is 0.188. The Bertz CT molecular complexity index is 940. The molecule has 2 heterocycles. The van der Waals surface area contributed by atoms with E-state index in [2.05, 4.69) is 29.9 Å². The number of nitrogens with zero attached hydrogens (tertiary/aromatic N) is 4. The van der Waals surface area contributed by atoms with Crippen molar-refractivity contribution in [3.63, 3.8) is 0 Å². The molecule has 0 saturated carbocycles. The number of aromatic nitrogens is 4. The molecule has 0 spiro atoms. The second-order valence-electron chi connectivity index (χ2n) is 5.42. The summed E-state index contributed by atoms with van der Waals surface area (Å²) < 4.78 is 46.4. The summed E-state index contributed by atoms with van der Waals surface area (Å²) in [6.45, 7) is 0.279. The van der Waals surface area contributed by atoms with Gasteiger partial charge in [0.25, 0.3) is 0 Å². The van der Waals surface area contributed by atoms with Crippen LogP contribution in [0.15, 0.2) is 48.9 Å². The molecule has 146 valence electrons. The molecule has 0 aliphatic carbocycles. The van der Waals surface area contributed by atoms with Crippen molar-refractivity contribution in [3.05, 3.63) is 60.4 Å². The van der Waals surface area contributed by atoms with Gasteiger partial charge in [0.15, 0.2) is 5.82 Å². The van der Waals surface area contributed by atoms with Crippen molar-refractivity contribution in [1.82, 2.24) is 19.7 Å². The molecule has 0 aliphatic heterocycles. The number of pyridine rings is 1. The highest BCUT2D eigenvalue weighted by Crippen LogP contribution is 2.23. The lowest BCUT2D eigenvalue weighted by Crippen LogP contribution is -2.17. The van der Waals surface area contributed by atoms with Gasteiger partial charge in [0.2, 0.25) is 0 Å². The molecule has 3 rings (SSSR count). The largest absolute Gasteiger partial charge is 0.573 e. The van der Waals surface area contributed by atoms with Crippen molar-refractivity contribution in [2.75, 3.05) is 12.4 Å². The van der Waals surface area contributed by atoms with Gasteiger partial charge in [-0.15, -0.1) is 18.3 Å². The highest BCUT2D eigenvalue weighted by Gasteiger charge is 2.30. The Hall–Kier alpha value is -3.63. The van der Waals surface area contributed by atoms with E-state index in [-0.39, 0.29) is 18.0 Å². The Morgan fingerprint density at radius 3 is 2.50 bits per heavy atom. The van der Waals surface area contributed by atoms with Crippen molar-refractivity contribution in [2.45, 2.75) is 12.9 Å². The van der Waals surface area contributed by atoms with Gasteiger partial charge in [0.1, 0.15) is 17.8 Å². The molecule has 11 heteroatoms. The van der Waals surface area contributed by atoms with Crippen molar-refractivity contribution in [1.29, 1.82) is 0 Å². The first-order chi connectivity index (χ1) is 13.3. The maximum Gasteiger partial charge on any atom is 0.573 e. The van der Waals surface area contributed by atoms with Crippen molar-refractivity contribution >= 4 is 11.7 Å². The number of halogens is 3. The lowest BCUT2D eigenvalue weighted by Gasteiger charge is -2.09. The molecule has 8 nitrogen and oxygen atoms in total. The maximum atomic E-state index is 12.2. The lowest BCUT2D eigenvalue weighted by atomic mass is 10.3. The third-order valence-electron chi connectivity index (χ3n) is 3.48. The Kier molecular flexibility index (Phi) is 5.43.